The van der Waals surface area contributed by atoms with Crippen LogP contribution in [0.5, 0.6) is 0 Å². The molecule has 14 heavy (non-hydrogen) atoms. The second kappa shape index (κ2) is 3.07. The average molecular weight is 196 g/mol. The fraction of sp³-hybridized carbons (Fsp3) is 0.818. The lowest BCUT2D eigenvalue weighted by Gasteiger charge is -2.16. The molecule has 1 aromatic heterocycles. The zero-order valence-corrected chi connectivity index (χ0v) is 10.4. The Balaban J connectivity index is 3.19. The van der Waals surface area contributed by atoms with Gasteiger partial charge in [-0.05, 0) is 41.5 Å². The molecular formula is C11H22N3+. The minimum Gasteiger partial charge on any atom is -0.230 e. The summed E-state index contributed by atoms with van der Waals surface area (Å²) in [5.74, 6) is 1.06. The van der Waals surface area contributed by atoms with Gasteiger partial charge in [-0.1, -0.05) is 0 Å². The lowest BCUT2D eigenvalue weighted by molar-refractivity contribution is -0.759. The first-order chi connectivity index (χ1) is 6.12. The minimum absolute atomic E-state index is 0.0568. The van der Waals surface area contributed by atoms with E-state index in [1.807, 2.05) is 11.6 Å². The first-order valence-corrected chi connectivity index (χ1v) is 5.11. The van der Waals surface area contributed by atoms with Crippen molar-refractivity contribution in [1.29, 1.82) is 0 Å². The highest BCUT2D eigenvalue weighted by atomic mass is 15.4. The maximum atomic E-state index is 4.53. The Kier molecular flexibility index (Phi) is 2.46. The highest BCUT2D eigenvalue weighted by molar-refractivity contribution is 4.75. The molecule has 0 bridgehead atoms. The molecule has 0 saturated heterocycles. The van der Waals surface area contributed by atoms with Crippen LogP contribution in [0.4, 0.5) is 0 Å². The van der Waals surface area contributed by atoms with E-state index in [0.29, 0.717) is 0 Å². The van der Waals surface area contributed by atoms with Gasteiger partial charge in [0.15, 0.2) is 0 Å². The van der Waals surface area contributed by atoms with Gasteiger partial charge in [-0.3, -0.25) is 0 Å². The maximum absolute atomic E-state index is 4.53. The van der Waals surface area contributed by atoms with Crippen LogP contribution in [0.25, 0.3) is 0 Å². The maximum Gasteiger partial charge on any atom is 0.274 e. The summed E-state index contributed by atoms with van der Waals surface area (Å²) in [6.45, 7) is 15.1. The zero-order valence-electron chi connectivity index (χ0n) is 10.4. The molecule has 0 N–H and O–H groups in total. The molecule has 0 fully saturated rings. The van der Waals surface area contributed by atoms with Crippen molar-refractivity contribution >= 4 is 0 Å². The molecule has 1 heterocycles. The highest BCUT2D eigenvalue weighted by Crippen LogP contribution is 2.12. The van der Waals surface area contributed by atoms with Gasteiger partial charge in [-0.2, -0.15) is 0 Å². The van der Waals surface area contributed by atoms with Crippen LogP contribution in [-0.4, -0.2) is 9.78 Å². The molecule has 0 spiro atoms. The smallest absolute Gasteiger partial charge is 0.230 e. The third-order valence-corrected chi connectivity index (χ3v) is 2.24. The molecule has 0 radical (unpaired) electrons. The largest absolute Gasteiger partial charge is 0.274 e. The molecule has 0 aliphatic heterocycles. The summed E-state index contributed by atoms with van der Waals surface area (Å²) in [6, 6.07) is 0. The third kappa shape index (κ3) is 2.14. The second-order valence-corrected chi connectivity index (χ2v) is 5.82. The van der Waals surface area contributed by atoms with Crippen LogP contribution in [-0.2, 0) is 11.1 Å². The monoisotopic (exact) mass is 196 g/mol. The Bertz CT molecular complexity index is 323. The molecule has 0 saturated carbocycles. The van der Waals surface area contributed by atoms with Gasteiger partial charge >= 0.3 is 0 Å². The summed E-state index contributed by atoms with van der Waals surface area (Å²) in [6.07, 6.45) is 2.09. The molecule has 1 aromatic rings. The Morgan fingerprint density at radius 2 is 1.64 bits per heavy atom. The van der Waals surface area contributed by atoms with Gasteiger partial charge in [0, 0.05) is 12.0 Å². The van der Waals surface area contributed by atoms with Crippen molar-refractivity contribution in [2.24, 2.45) is 0 Å². The molecule has 0 atom stereocenters. The number of rotatable bonds is 0. The van der Waals surface area contributed by atoms with Gasteiger partial charge in [0.1, 0.15) is 5.54 Å². The third-order valence-electron chi connectivity index (χ3n) is 2.24. The molecule has 0 aromatic carbocycles. The van der Waals surface area contributed by atoms with Crippen LogP contribution >= 0.6 is 0 Å². The lowest BCUT2D eigenvalue weighted by Crippen LogP contribution is -2.51. The SMILES string of the molecule is Cc1nn(C(C)(C)C)c[n+]1C(C)(C)C. The summed E-state index contributed by atoms with van der Waals surface area (Å²) >= 11 is 0. The number of hydrogen-bond acceptors (Lipinski definition) is 1. The molecule has 0 unspecified atom stereocenters. The van der Waals surface area contributed by atoms with Gasteiger partial charge in [0.05, 0.1) is 5.54 Å². The van der Waals surface area contributed by atoms with E-state index in [-0.39, 0.29) is 11.1 Å². The van der Waals surface area contributed by atoms with E-state index in [1.54, 1.807) is 0 Å². The second-order valence-electron chi connectivity index (χ2n) is 5.82. The summed E-state index contributed by atoms with van der Waals surface area (Å²) in [7, 11) is 0. The van der Waals surface area contributed by atoms with E-state index in [1.165, 1.54) is 0 Å². The Labute approximate surface area is 86.8 Å². The number of hydrogen-bond donors (Lipinski definition) is 0. The molecule has 0 aliphatic rings. The van der Waals surface area contributed by atoms with Crippen molar-refractivity contribution in [1.82, 2.24) is 9.78 Å². The quantitative estimate of drug-likeness (QED) is 0.582. The van der Waals surface area contributed by atoms with E-state index in [0.717, 1.165) is 5.82 Å². The van der Waals surface area contributed by atoms with Crippen molar-refractivity contribution in [3.63, 3.8) is 0 Å². The van der Waals surface area contributed by atoms with Crippen molar-refractivity contribution in [3.05, 3.63) is 12.2 Å². The summed E-state index contributed by atoms with van der Waals surface area (Å²) in [4.78, 5) is 0. The average Bonchev–Trinajstić information content (AvgIpc) is 2.27. The van der Waals surface area contributed by atoms with Crippen LogP contribution in [0.2, 0.25) is 0 Å². The highest BCUT2D eigenvalue weighted by Gasteiger charge is 2.28. The predicted molar refractivity (Wildman–Crippen MR) is 57.2 cm³/mol. The van der Waals surface area contributed by atoms with Crippen molar-refractivity contribution < 1.29 is 4.57 Å². The van der Waals surface area contributed by atoms with Gasteiger partial charge in [-0.15, -0.1) is 4.68 Å². The topological polar surface area (TPSA) is 21.7 Å². The standard InChI is InChI=1S/C11H22N3/c1-9-12-14(11(5,6)7)8-13(9)10(2,3)4/h8H,1-7H3/q+1. The molecule has 0 aliphatic carbocycles. The first-order valence-electron chi connectivity index (χ1n) is 5.11. The van der Waals surface area contributed by atoms with Crippen molar-refractivity contribution in [2.45, 2.75) is 59.5 Å². The van der Waals surface area contributed by atoms with Crippen LogP contribution < -0.4 is 4.57 Å². The Hall–Kier alpha value is -0.860. The molecule has 80 valence electrons. The van der Waals surface area contributed by atoms with Crippen molar-refractivity contribution in [3.8, 4) is 0 Å². The van der Waals surface area contributed by atoms with Gasteiger partial charge < -0.3 is 0 Å². The normalized spacial score (nSPS) is 13.4. The molecule has 3 nitrogen and oxygen atoms in total. The van der Waals surface area contributed by atoms with Crippen molar-refractivity contribution in [2.75, 3.05) is 0 Å². The van der Waals surface area contributed by atoms with E-state index < -0.39 is 0 Å². The molecular weight excluding hydrogens is 174 g/mol. The number of aryl methyl sites for hydroxylation is 1. The fourth-order valence-corrected chi connectivity index (χ4v) is 1.40. The predicted octanol–water partition coefficient (Wildman–Crippen LogP) is 1.99. The van der Waals surface area contributed by atoms with Gasteiger partial charge in [-0.25, -0.2) is 4.57 Å². The van der Waals surface area contributed by atoms with Crippen LogP contribution in [0, 0.1) is 6.92 Å². The molecule has 3 heteroatoms. The van der Waals surface area contributed by atoms with Gasteiger partial charge in [0.2, 0.25) is 6.33 Å². The molecule has 1 rings (SSSR count). The summed E-state index contributed by atoms with van der Waals surface area (Å²) in [5.41, 5.74) is 0.162. The Morgan fingerprint density at radius 1 is 1.14 bits per heavy atom. The van der Waals surface area contributed by atoms with E-state index in [4.69, 9.17) is 0 Å². The van der Waals surface area contributed by atoms with E-state index in [9.17, 15) is 0 Å². The number of aromatic nitrogens is 3. The van der Waals surface area contributed by atoms with E-state index in [2.05, 4.69) is 57.5 Å². The first kappa shape index (κ1) is 11.2. The van der Waals surface area contributed by atoms with Crippen LogP contribution in [0.15, 0.2) is 6.33 Å². The summed E-state index contributed by atoms with van der Waals surface area (Å²) in [5, 5.41) is 4.53. The van der Waals surface area contributed by atoms with E-state index >= 15 is 0 Å². The Morgan fingerprint density at radius 3 is 1.86 bits per heavy atom. The molecule has 0 amide bonds. The summed E-state index contributed by atoms with van der Waals surface area (Å²) < 4.78 is 4.23. The zero-order chi connectivity index (χ0) is 11.1. The van der Waals surface area contributed by atoms with Gasteiger partial charge in [0.25, 0.3) is 5.82 Å². The fourth-order valence-electron chi connectivity index (χ4n) is 1.40. The van der Waals surface area contributed by atoms with Crippen LogP contribution in [0.3, 0.4) is 0 Å². The number of nitrogens with zero attached hydrogens (tertiary/aromatic N) is 3. The lowest BCUT2D eigenvalue weighted by atomic mass is 10.1. The minimum atomic E-state index is 0.0568. The van der Waals surface area contributed by atoms with Crippen LogP contribution in [0.1, 0.15) is 47.4 Å².